The Hall–Kier alpha value is -3.08. The third-order valence-electron chi connectivity index (χ3n) is 5.61. The standard InChI is InChI=1S/C22H25N5O4S/c1-2-25-11-13-26(14-12-25)32(30,31)19-9-7-18(8-10-19)24-21(28)16-27-22(29)20-6-4-3-5-17(20)15-23-27/h3-10,15H,2,11-14,16H2,1H3,(H,24,28). The van der Waals surface area contributed by atoms with E-state index in [0.29, 0.717) is 42.6 Å². The Balaban J connectivity index is 1.42. The van der Waals surface area contributed by atoms with Gasteiger partial charge in [-0.1, -0.05) is 25.1 Å². The van der Waals surface area contributed by atoms with Crippen molar-refractivity contribution in [1.29, 1.82) is 0 Å². The zero-order chi connectivity index (χ0) is 22.7. The molecule has 1 N–H and O–H groups in total. The Morgan fingerprint density at radius 2 is 1.72 bits per heavy atom. The summed E-state index contributed by atoms with van der Waals surface area (Å²) in [4.78, 5) is 27.3. The highest BCUT2D eigenvalue weighted by Gasteiger charge is 2.27. The minimum absolute atomic E-state index is 0.188. The lowest BCUT2D eigenvalue weighted by atomic mass is 10.2. The van der Waals surface area contributed by atoms with Crippen molar-refractivity contribution in [3.63, 3.8) is 0 Å². The highest BCUT2D eigenvalue weighted by atomic mass is 32.2. The Kier molecular flexibility index (Phi) is 6.35. The molecule has 0 bridgehead atoms. The molecule has 1 aliphatic heterocycles. The van der Waals surface area contributed by atoms with Gasteiger partial charge in [0, 0.05) is 37.3 Å². The molecule has 0 atom stereocenters. The van der Waals surface area contributed by atoms with Crippen LogP contribution in [-0.2, 0) is 21.4 Å². The van der Waals surface area contributed by atoms with Crippen LogP contribution in [0.2, 0.25) is 0 Å². The summed E-state index contributed by atoms with van der Waals surface area (Å²) in [6, 6.07) is 13.1. The molecule has 2 aromatic carbocycles. The summed E-state index contributed by atoms with van der Waals surface area (Å²) in [5.41, 5.74) is 0.0986. The van der Waals surface area contributed by atoms with Crippen LogP contribution in [0.25, 0.3) is 10.8 Å². The number of amides is 1. The third kappa shape index (κ3) is 4.57. The molecular formula is C22H25N5O4S. The fourth-order valence-corrected chi connectivity index (χ4v) is 5.14. The molecule has 0 spiro atoms. The van der Waals surface area contributed by atoms with Crippen LogP contribution in [0.1, 0.15) is 6.92 Å². The molecule has 2 heterocycles. The molecule has 4 rings (SSSR count). The van der Waals surface area contributed by atoms with Crippen LogP contribution in [0.5, 0.6) is 0 Å². The van der Waals surface area contributed by atoms with E-state index < -0.39 is 15.9 Å². The first-order valence-corrected chi connectivity index (χ1v) is 11.9. The van der Waals surface area contributed by atoms with Gasteiger partial charge in [-0.25, -0.2) is 13.1 Å². The monoisotopic (exact) mass is 455 g/mol. The van der Waals surface area contributed by atoms with Crippen molar-refractivity contribution >= 4 is 32.4 Å². The van der Waals surface area contributed by atoms with Gasteiger partial charge in [-0.3, -0.25) is 9.59 Å². The second-order valence-electron chi connectivity index (χ2n) is 7.61. The van der Waals surface area contributed by atoms with Crippen LogP contribution >= 0.6 is 0 Å². The molecule has 1 amide bonds. The van der Waals surface area contributed by atoms with Gasteiger partial charge < -0.3 is 10.2 Å². The van der Waals surface area contributed by atoms with Crippen LogP contribution in [-0.4, -0.2) is 66.0 Å². The number of nitrogens with one attached hydrogen (secondary N) is 1. The number of carbonyl (C=O) groups excluding carboxylic acids is 1. The maximum absolute atomic E-state index is 12.9. The van der Waals surface area contributed by atoms with Crippen LogP contribution in [0, 0.1) is 0 Å². The number of nitrogens with zero attached hydrogens (tertiary/aromatic N) is 4. The zero-order valence-corrected chi connectivity index (χ0v) is 18.6. The lowest BCUT2D eigenvalue weighted by molar-refractivity contribution is -0.117. The number of anilines is 1. The summed E-state index contributed by atoms with van der Waals surface area (Å²) in [5, 5.41) is 7.94. The molecule has 10 heteroatoms. The van der Waals surface area contributed by atoms with Gasteiger partial charge in [0.2, 0.25) is 15.9 Å². The van der Waals surface area contributed by atoms with Crippen molar-refractivity contribution < 1.29 is 13.2 Å². The van der Waals surface area contributed by atoms with Crippen LogP contribution < -0.4 is 10.9 Å². The lowest BCUT2D eigenvalue weighted by Gasteiger charge is -2.33. The first-order chi connectivity index (χ1) is 15.4. The van der Waals surface area contributed by atoms with Gasteiger partial charge in [-0.2, -0.15) is 9.40 Å². The van der Waals surface area contributed by atoms with E-state index in [9.17, 15) is 18.0 Å². The topological polar surface area (TPSA) is 105 Å². The molecule has 1 aliphatic rings. The number of likely N-dealkylation sites (N-methyl/N-ethyl adjacent to an activating group) is 1. The van der Waals surface area contributed by atoms with Crippen molar-refractivity contribution in [3.05, 3.63) is 65.1 Å². The van der Waals surface area contributed by atoms with E-state index in [1.165, 1.54) is 16.4 Å². The summed E-state index contributed by atoms with van der Waals surface area (Å²) < 4.78 is 28.3. The van der Waals surface area contributed by atoms with Gasteiger partial charge in [0.25, 0.3) is 5.56 Å². The van der Waals surface area contributed by atoms with Crippen LogP contribution in [0.3, 0.4) is 0 Å². The Morgan fingerprint density at radius 1 is 1.03 bits per heavy atom. The predicted molar refractivity (Wildman–Crippen MR) is 122 cm³/mol. The largest absolute Gasteiger partial charge is 0.324 e. The second kappa shape index (κ2) is 9.19. The van der Waals surface area contributed by atoms with E-state index in [1.807, 2.05) is 6.07 Å². The van der Waals surface area contributed by atoms with E-state index in [1.54, 1.807) is 36.5 Å². The van der Waals surface area contributed by atoms with Crippen molar-refractivity contribution in [2.45, 2.75) is 18.4 Å². The smallest absolute Gasteiger partial charge is 0.275 e. The number of piperazine rings is 1. The molecular weight excluding hydrogens is 430 g/mol. The van der Waals surface area contributed by atoms with Gasteiger partial charge in [0.1, 0.15) is 6.54 Å². The van der Waals surface area contributed by atoms with Gasteiger partial charge in [-0.05, 0) is 36.9 Å². The average molecular weight is 456 g/mol. The summed E-state index contributed by atoms with van der Waals surface area (Å²) in [6.45, 7) is 5.07. The van der Waals surface area contributed by atoms with E-state index in [0.717, 1.165) is 11.2 Å². The molecule has 0 unspecified atom stereocenters. The van der Waals surface area contributed by atoms with Crippen molar-refractivity contribution in [1.82, 2.24) is 19.0 Å². The molecule has 32 heavy (non-hydrogen) atoms. The van der Waals surface area contributed by atoms with E-state index in [4.69, 9.17) is 0 Å². The molecule has 0 saturated carbocycles. The number of rotatable bonds is 6. The molecule has 0 radical (unpaired) electrons. The maximum Gasteiger partial charge on any atom is 0.275 e. The number of fused-ring (bicyclic) bond motifs is 1. The van der Waals surface area contributed by atoms with E-state index in [2.05, 4.69) is 22.2 Å². The first-order valence-electron chi connectivity index (χ1n) is 10.5. The number of hydrogen-bond donors (Lipinski definition) is 1. The summed E-state index contributed by atoms with van der Waals surface area (Å²) in [6.07, 6.45) is 1.55. The zero-order valence-electron chi connectivity index (χ0n) is 17.8. The average Bonchev–Trinajstić information content (AvgIpc) is 2.81. The van der Waals surface area contributed by atoms with Crippen LogP contribution in [0.4, 0.5) is 5.69 Å². The van der Waals surface area contributed by atoms with E-state index >= 15 is 0 Å². The second-order valence-corrected chi connectivity index (χ2v) is 9.54. The van der Waals surface area contributed by atoms with E-state index in [-0.39, 0.29) is 17.0 Å². The number of hydrogen-bond acceptors (Lipinski definition) is 6. The molecule has 9 nitrogen and oxygen atoms in total. The molecule has 1 saturated heterocycles. The maximum atomic E-state index is 12.9. The highest BCUT2D eigenvalue weighted by molar-refractivity contribution is 7.89. The SMILES string of the molecule is CCN1CCN(S(=O)(=O)c2ccc(NC(=O)Cn3ncc4ccccc4c3=O)cc2)CC1. The predicted octanol–water partition coefficient (Wildman–Crippen LogP) is 1.36. The number of aromatic nitrogens is 2. The number of carbonyl (C=O) groups is 1. The molecule has 3 aromatic rings. The van der Waals surface area contributed by atoms with Gasteiger partial charge in [-0.15, -0.1) is 0 Å². The first kappa shape index (κ1) is 22.1. The van der Waals surface area contributed by atoms with Crippen molar-refractivity contribution in [2.24, 2.45) is 0 Å². The minimum atomic E-state index is -3.58. The normalized spacial score (nSPS) is 15.7. The molecule has 0 aliphatic carbocycles. The van der Waals surface area contributed by atoms with Gasteiger partial charge >= 0.3 is 0 Å². The van der Waals surface area contributed by atoms with Gasteiger partial charge in [0.05, 0.1) is 16.5 Å². The third-order valence-corrected chi connectivity index (χ3v) is 7.52. The Labute approximate surface area is 186 Å². The fourth-order valence-electron chi connectivity index (χ4n) is 3.72. The molecule has 1 fully saturated rings. The van der Waals surface area contributed by atoms with Crippen molar-refractivity contribution in [2.75, 3.05) is 38.0 Å². The minimum Gasteiger partial charge on any atom is -0.324 e. The fraction of sp³-hybridized carbons (Fsp3) is 0.318. The summed E-state index contributed by atoms with van der Waals surface area (Å²) >= 11 is 0. The Bertz CT molecular complexity index is 1280. The molecule has 1 aromatic heterocycles. The highest BCUT2D eigenvalue weighted by Crippen LogP contribution is 2.20. The number of benzene rings is 2. The quantitative estimate of drug-likeness (QED) is 0.602. The lowest BCUT2D eigenvalue weighted by Crippen LogP contribution is -2.48. The summed E-state index contributed by atoms with van der Waals surface area (Å²) in [7, 11) is -3.58. The Morgan fingerprint density at radius 3 is 2.41 bits per heavy atom. The van der Waals surface area contributed by atoms with Crippen LogP contribution in [0.15, 0.2) is 64.4 Å². The number of sulfonamides is 1. The van der Waals surface area contributed by atoms with Crippen molar-refractivity contribution in [3.8, 4) is 0 Å². The molecule has 168 valence electrons. The summed E-state index contributed by atoms with van der Waals surface area (Å²) in [5.74, 6) is -0.429. The van der Waals surface area contributed by atoms with Gasteiger partial charge in [0.15, 0.2) is 0 Å².